The lowest BCUT2D eigenvalue weighted by atomic mass is 10.1. The molecule has 1 aliphatic heterocycles. The van der Waals surface area contributed by atoms with E-state index in [1.807, 2.05) is 0 Å². The first-order chi connectivity index (χ1) is 8.71. The number of alkyl halides is 1. The summed E-state index contributed by atoms with van der Waals surface area (Å²) in [6.45, 7) is -0.917. The van der Waals surface area contributed by atoms with E-state index in [9.17, 15) is 19.4 Å². The molecule has 1 aromatic heterocycles. The van der Waals surface area contributed by atoms with E-state index in [2.05, 4.69) is 4.98 Å². The molecule has 0 unspecified atom stereocenters. The van der Waals surface area contributed by atoms with Gasteiger partial charge in [-0.1, -0.05) is 0 Å². The minimum atomic E-state index is -3.61. The molecular weight excluding hydrogens is 249 g/mol. The summed E-state index contributed by atoms with van der Waals surface area (Å²) in [5, 5.41) is 28.0. The van der Waals surface area contributed by atoms with Crippen molar-refractivity contribution in [2.45, 2.75) is 24.3 Å². The molecule has 1 fully saturated rings. The van der Waals surface area contributed by atoms with Gasteiger partial charge in [0.2, 0.25) is 0 Å². The second kappa shape index (κ2) is 4.28. The lowest BCUT2D eigenvalue weighted by molar-refractivity contribution is -0.196. The third kappa shape index (κ3) is 1.86. The van der Waals surface area contributed by atoms with E-state index in [-0.39, 0.29) is 5.82 Å². The lowest BCUT2D eigenvalue weighted by Gasteiger charge is -2.23. The van der Waals surface area contributed by atoms with Gasteiger partial charge in [0.05, 0.1) is 7.98 Å². The first-order valence-corrected chi connectivity index (χ1v) is 4.96. The number of rotatable bonds is 2. The fourth-order valence-electron chi connectivity index (χ4n) is 1.65. The molecule has 18 heavy (non-hydrogen) atoms. The Morgan fingerprint density at radius 3 is 2.94 bits per heavy atom. The molecule has 0 saturated carbocycles. The van der Waals surface area contributed by atoms with Crippen molar-refractivity contribution in [3.8, 4) is 0 Å². The van der Waals surface area contributed by atoms with Crippen LogP contribution >= 0.6 is 0 Å². The summed E-state index contributed by atoms with van der Waals surface area (Å²) in [4.78, 5) is 14.8. The van der Waals surface area contributed by atoms with Crippen LogP contribution in [0.5, 0.6) is 0 Å². The molecule has 1 aliphatic rings. The largest absolute Gasteiger partial charge is 0.394 e. The highest BCUT2D eigenvalue weighted by molar-refractivity contribution is 5.23. The maximum Gasteiger partial charge on any atom is 0.351 e. The van der Waals surface area contributed by atoms with Crippen molar-refractivity contribution in [3.05, 3.63) is 22.7 Å². The van der Waals surface area contributed by atoms with E-state index in [4.69, 9.17) is 16.9 Å². The van der Waals surface area contributed by atoms with Crippen LogP contribution in [0.2, 0.25) is 0 Å². The van der Waals surface area contributed by atoms with E-state index >= 15 is 0 Å². The Morgan fingerprint density at radius 1 is 1.78 bits per heavy atom. The van der Waals surface area contributed by atoms with Crippen LogP contribution in [0.1, 0.15) is 7.60 Å². The summed E-state index contributed by atoms with van der Waals surface area (Å²) in [5.41, 5.74) is 4.22. The van der Waals surface area contributed by atoms with Crippen LogP contribution < -0.4 is 11.4 Å². The topological polar surface area (TPSA) is 131 Å². The Labute approximate surface area is 101 Å². The van der Waals surface area contributed by atoms with Gasteiger partial charge in [0.25, 0.3) is 5.85 Å². The van der Waals surface area contributed by atoms with Gasteiger partial charge in [-0.25, -0.2) is 9.18 Å². The Hall–Kier alpha value is -1.55. The molecule has 0 radical (unpaired) electrons. The lowest BCUT2D eigenvalue weighted by Crippen LogP contribution is -2.45. The second-order valence-corrected chi connectivity index (χ2v) is 3.76. The minimum absolute atomic E-state index is 0.124. The normalized spacial score (nSPS) is 40.8. The SMILES string of the molecule is [2H][C@@]1(O)[C@@H](CO)O[C@@H](n2ccc(N)nc2=O)[C@@]1(O)F. The van der Waals surface area contributed by atoms with E-state index < -0.39 is 36.6 Å². The minimum Gasteiger partial charge on any atom is -0.394 e. The molecule has 2 heterocycles. The monoisotopic (exact) mass is 262 g/mol. The number of nitrogens with zero attached hydrogens (tertiary/aromatic N) is 2. The number of halogens is 1. The Bertz CT molecular complexity index is 549. The number of nitrogens with two attached hydrogens (primary N) is 1. The zero-order valence-electron chi connectivity index (χ0n) is 10.0. The molecule has 4 atom stereocenters. The molecule has 1 aromatic rings. The first-order valence-electron chi connectivity index (χ1n) is 5.46. The Balaban J connectivity index is 2.49. The highest BCUT2D eigenvalue weighted by Gasteiger charge is 2.57. The smallest absolute Gasteiger partial charge is 0.351 e. The maximum atomic E-state index is 14.1. The third-order valence-electron chi connectivity index (χ3n) is 2.55. The maximum absolute atomic E-state index is 14.1. The number of aliphatic hydroxyl groups excluding tert-OH is 1. The summed E-state index contributed by atoms with van der Waals surface area (Å²) < 4.78 is 26.8. The van der Waals surface area contributed by atoms with Crippen molar-refractivity contribution in [1.82, 2.24) is 9.55 Å². The summed E-state index contributed by atoms with van der Waals surface area (Å²) in [5.74, 6) is -3.73. The molecule has 1 saturated heterocycles. The molecule has 0 amide bonds. The predicted molar refractivity (Wildman–Crippen MR) is 56.0 cm³/mol. The van der Waals surface area contributed by atoms with Gasteiger partial charge >= 0.3 is 5.69 Å². The number of hydrogen-bond donors (Lipinski definition) is 4. The number of aromatic nitrogens is 2. The molecule has 5 N–H and O–H groups in total. The van der Waals surface area contributed by atoms with Crippen LogP contribution in [0.25, 0.3) is 0 Å². The van der Waals surface area contributed by atoms with Gasteiger partial charge in [0.15, 0.2) is 6.23 Å². The molecule has 0 bridgehead atoms. The Morgan fingerprint density at radius 2 is 2.44 bits per heavy atom. The summed E-state index contributed by atoms with van der Waals surface area (Å²) in [6.07, 6.45) is -5.88. The van der Waals surface area contributed by atoms with E-state index in [0.29, 0.717) is 4.57 Å². The fourth-order valence-corrected chi connectivity index (χ4v) is 1.65. The first kappa shape index (κ1) is 11.5. The van der Waals surface area contributed by atoms with Gasteiger partial charge < -0.3 is 25.8 Å². The highest BCUT2D eigenvalue weighted by Crippen LogP contribution is 2.38. The van der Waals surface area contributed by atoms with Gasteiger partial charge in [-0.2, -0.15) is 4.98 Å². The van der Waals surface area contributed by atoms with Crippen LogP contribution in [0.3, 0.4) is 0 Å². The standard InChI is InChI=1S/C9H12FN3O5/c10-9(17)6(15)4(3-14)18-7(9)13-2-1-5(11)12-8(13)16/h1-2,4,6-7,14-15,17H,3H2,(H2,11,12,16)/t4-,6-,7-,9-/m1/s1/i6D. The predicted octanol–water partition coefficient (Wildman–Crippen LogP) is -2.27. The molecule has 2 rings (SSSR count). The number of hydrogen-bond acceptors (Lipinski definition) is 7. The third-order valence-corrected chi connectivity index (χ3v) is 2.55. The van der Waals surface area contributed by atoms with Crippen molar-refractivity contribution in [3.63, 3.8) is 0 Å². The van der Waals surface area contributed by atoms with Crippen LogP contribution in [0.15, 0.2) is 17.1 Å². The van der Waals surface area contributed by atoms with E-state index in [0.717, 1.165) is 12.3 Å². The van der Waals surface area contributed by atoms with Crippen molar-refractivity contribution < 1.29 is 25.8 Å². The van der Waals surface area contributed by atoms with Crippen LogP contribution in [0.4, 0.5) is 10.2 Å². The van der Waals surface area contributed by atoms with Gasteiger partial charge in [-0.3, -0.25) is 4.57 Å². The van der Waals surface area contributed by atoms with Crippen molar-refractivity contribution in [1.29, 1.82) is 0 Å². The molecular formula is C9H12FN3O5. The molecule has 8 nitrogen and oxygen atoms in total. The number of nitrogen functional groups attached to an aromatic ring is 1. The average molecular weight is 262 g/mol. The Kier molecular flexibility index (Phi) is 2.74. The van der Waals surface area contributed by atoms with Gasteiger partial charge in [0.1, 0.15) is 18.0 Å². The number of ether oxygens (including phenoxy) is 1. The highest BCUT2D eigenvalue weighted by atomic mass is 19.2. The zero-order chi connectivity index (χ0) is 14.4. The summed E-state index contributed by atoms with van der Waals surface area (Å²) in [6, 6.07) is 1.15. The molecule has 9 heteroatoms. The summed E-state index contributed by atoms with van der Waals surface area (Å²) in [7, 11) is 0. The van der Waals surface area contributed by atoms with Gasteiger partial charge in [0, 0.05) is 6.20 Å². The van der Waals surface area contributed by atoms with Crippen molar-refractivity contribution in [2.24, 2.45) is 0 Å². The number of aliphatic hydroxyl groups is 3. The van der Waals surface area contributed by atoms with Gasteiger partial charge in [-0.05, 0) is 6.07 Å². The molecule has 0 aliphatic carbocycles. The van der Waals surface area contributed by atoms with Crippen molar-refractivity contribution in [2.75, 3.05) is 12.3 Å². The fraction of sp³-hybridized carbons (Fsp3) is 0.556. The van der Waals surface area contributed by atoms with E-state index in [1.165, 1.54) is 0 Å². The van der Waals surface area contributed by atoms with Crippen LogP contribution in [-0.2, 0) is 4.74 Å². The van der Waals surface area contributed by atoms with E-state index in [1.54, 1.807) is 0 Å². The van der Waals surface area contributed by atoms with Gasteiger partial charge in [-0.15, -0.1) is 0 Å². The quantitative estimate of drug-likeness (QED) is 0.473. The van der Waals surface area contributed by atoms with Crippen LogP contribution in [-0.4, -0.2) is 49.5 Å². The van der Waals surface area contributed by atoms with Crippen LogP contribution in [0, 0.1) is 0 Å². The average Bonchev–Trinajstić information content (AvgIpc) is 2.47. The molecule has 0 spiro atoms. The second-order valence-electron chi connectivity index (χ2n) is 3.76. The zero-order valence-corrected chi connectivity index (χ0v) is 9.02. The number of anilines is 1. The van der Waals surface area contributed by atoms with Crippen molar-refractivity contribution >= 4 is 5.82 Å². The molecule has 100 valence electrons. The molecule has 0 aromatic carbocycles. The summed E-state index contributed by atoms with van der Waals surface area (Å²) >= 11 is 0.